The number of aliphatic hydroxyl groups is 1. The van der Waals surface area contributed by atoms with Gasteiger partial charge in [0.15, 0.2) is 0 Å². The molecule has 0 bridgehead atoms. The van der Waals surface area contributed by atoms with Crippen LogP contribution in [0.4, 0.5) is 10.5 Å². The summed E-state index contributed by atoms with van der Waals surface area (Å²) in [6.07, 6.45) is 1.79. The zero-order chi connectivity index (χ0) is 17.8. The van der Waals surface area contributed by atoms with Crippen molar-refractivity contribution in [3.05, 3.63) is 53.9 Å². The number of urea groups is 1. The molecular weight excluding hydrogens is 322 g/mol. The summed E-state index contributed by atoms with van der Waals surface area (Å²) in [5.41, 5.74) is 1.98. The van der Waals surface area contributed by atoms with Crippen LogP contribution in [-0.2, 0) is 17.9 Å². The first kappa shape index (κ1) is 16.9. The van der Waals surface area contributed by atoms with Crippen molar-refractivity contribution >= 4 is 17.6 Å². The molecule has 1 fully saturated rings. The molecule has 1 N–H and O–H groups in total. The molecule has 0 aliphatic carbocycles. The lowest BCUT2D eigenvalue weighted by molar-refractivity contribution is -0.129. The first-order valence-electron chi connectivity index (χ1n) is 7.93. The monoisotopic (exact) mass is 341 g/mol. The average Bonchev–Trinajstić information content (AvgIpc) is 2.66. The van der Waals surface area contributed by atoms with Crippen LogP contribution in [0, 0.1) is 0 Å². The van der Waals surface area contributed by atoms with E-state index >= 15 is 0 Å². The van der Waals surface area contributed by atoms with Crippen molar-refractivity contribution in [2.75, 3.05) is 18.6 Å². The minimum Gasteiger partial charge on any atom is -0.497 e. The number of benzene rings is 1. The lowest BCUT2D eigenvalue weighted by Crippen LogP contribution is -2.52. The Hall–Kier alpha value is -2.93. The number of anilines is 1. The number of nitrogens with zero attached hydrogens (tertiary/aromatic N) is 3. The van der Waals surface area contributed by atoms with Crippen LogP contribution in [0.1, 0.15) is 17.7 Å². The minimum absolute atomic E-state index is 0.156. The molecule has 0 unspecified atom stereocenters. The molecule has 0 spiro atoms. The fourth-order valence-electron chi connectivity index (χ4n) is 2.67. The number of rotatable bonds is 5. The highest BCUT2D eigenvalue weighted by Gasteiger charge is 2.32. The quantitative estimate of drug-likeness (QED) is 0.899. The van der Waals surface area contributed by atoms with Crippen LogP contribution in [-0.4, -0.2) is 40.6 Å². The van der Waals surface area contributed by atoms with Crippen LogP contribution in [0.2, 0.25) is 0 Å². The van der Waals surface area contributed by atoms with E-state index in [1.54, 1.807) is 31.4 Å². The Morgan fingerprint density at radius 2 is 1.92 bits per heavy atom. The molecule has 1 saturated heterocycles. The molecule has 1 aliphatic rings. The zero-order valence-electron chi connectivity index (χ0n) is 13.9. The highest BCUT2D eigenvalue weighted by Crippen LogP contribution is 2.22. The number of imide groups is 1. The predicted octanol–water partition coefficient (Wildman–Crippen LogP) is 1.94. The van der Waals surface area contributed by atoms with Crippen molar-refractivity contribution < 1.29 is 19.4 Å². The largest absolute Gasteiger partial charge is 0.497 e. The Morgan fingerprint density at radius 3 is 2.52 bits per heavy atom. The highest BCUT2D eigenvalue weighted by atomic mass is 16.5. The van der Waals surface area contributed by atoms with Gasteiger partial charge in [-0.1, -0.05) is 12.1 Å². The standard InChI is InChI=1S/C18H19N3O4/c1-25-16-6-2-13(3-7-16)11-21-17(23)8-9-20(18(21)24)15-5-4-14(12-22)19-10-15/h2-7,10,22H,8-9,11-12H2,1H3. The second-order valence-corrected chi connectivity index (χ2v) is 5.68. The van der Waals surface area contributed by atoms with Crippen LogP contribution >= 0.6 is 0 Å². The molecule has 3 rings (SSSR count). The van der Waals surface area contributed by atoms with Gasteiger partial charge in [-0.15, -0.1) is 0 Å². The van der Waals surface area contributed by atoms with Crippen molar-refractivity contribution in [2.24, 2.45) is 0 Å². The van der Waals surface area contributed by atoms with E-state index < -0.39 is 0 Å². The molecule has 7 nitrogen and oxygen atoms in total. The Kier molecular flexibility index (Phi) is 4.95. The summed E-state index contributed by atoms with van der Waals surface area (Å²) < 4.78 is 5.11. The van der Waals surface area contributed by atoms with Gasteiger partial charge in [0.2, 0.25) is 5.91 Å². The normalized spacial score (nSPS) is 14.8. The summed E-state index contributed by atoms with van der Waals surface area (Å²) in [4.78, 5) is 31.8. The fraction of sp³-hybridized carbons (Fsp3) is 0.278. The molecule has 1 aliphatic heterocycles. The SMILES string of the molecule is COc1ccc(CN2C(=O)CCN(c3ccc(CO)nc3)C2=O)cc1. The van der Waals surface area contributed by atoms with E-state index in [9.17, 15) is 9.59 Å². The minimum atomic E-state index is -0.370. The summed E-state index contributed by atoms with van der Waals surface area (Å²) >= 11 is 0. The molecule has 0 radical (unpaired) electrons. The number of hydrogen-bond donors (Lipinski definition) is 1. The number of carbonyl (C=O) groups is 2. The molecule has 7 heteroatoms. The Morgan fingerprint density at radius 1 is 1.16 bits per heavy atom. The van der Waals surface area contributed by atoms with E-state index in [4.69, 9.17) is 9.84 Å². The summed E-state index contributed by atoms with van der Waals surface area (Å²) in [6.45, 7) is 0.369. The third kappa shape index (κ3) is 3.61. The van der Waals surface area contributed by atoms with Gasteiger partial charge in [0.25, 0.3) is 0 Å². The molecule has 130 valence electrons. The third-order valence-corrected chi connectivity index (χ3v) is 4.09. The van der Waals surface area contributed by atoms with Gasteiger partial charge in [0.05, 0.1) is 37.8 Å². The van der Waals surface area contributed by atoms with E-state index in [-0.39, 0.29) is 31.5 Å². The lowest BCUT2D eigenvalue weighted by Gasteiger charge is -2.34. The summed E-state index contributed by atoms with van der Waals surface area (Å²) in [5.74, 6) is 0.522. The number of hydrogen-bond acceptors (Lipinski definition) is 5. The van der Waals surface area contributed by atoms with Crippen LogP contribution in [0.3, 0.4) is 0 Å². The molecule has 25 heavy (non-hydrogen) atoms. The zero-order valence-corrected chi connectivity index (χ0v) is 13.9. The molecular formula is C18H19N3O4. The molecule has 2 heterocycles. The van der Waals surface area contributed by atoms with Gasteiger partial charge in [0.1, 0.15) is 5.75 Å². The van der Waals surface area contributed by atoms with Crippen LogP contribution in [0.5, 0.6) is 5.75 Å². The maximum atomic E-state index is 12.7. The maximum absolute atomic E-state index is 12.7. The van der Waals surface area contributed by atoms with Crippen LogP contribution < -0.4 is 9.64 Å². The van der Waals surface area contributed by atoms with E-state index in [0.29, 0.717) is 17.9 Å². The van der Waals surface area contributed by atoms with Gasteiger partial charge in [-0.25, -0.2) is 4.79 Å². The number of methoxy groups -OCH3 is 1. The molecule has 0 atom stereocenters. The molecule has 0 saturated carbocycles. The number of pyridine rings is 1. The van der Waals surface area contributed by atoms with Crippen molar-refractivity contribution in [3.63, 3.8) is 0 Å². The van der Waals surface area contributed by atoms with Gasteiger partial charge >= 0.3 is 6.03 Å². The first-order chi connectivity index (χ1) is 12.1. The van der Waals surface area contributed by atoms with E-state index in [1.807, 2.05) is 12.1 Å². The fourth-order valence-corrected chi connectivity index (χ4v) is 2.67. The molecule has 2 aromatic rings. The van der Waals surface area contributed by atoms with Crippen LogP contribution in [0.15, 0.2) is 42.6 Å². The summed E-state index contributed by atoms with van der Waals surface area (Å²) in [6, 6.07) is 10.3. The second kappa shape index (κ2) is 7.31. The Bertz CT molecular complexity index is 759. The molecule has 3 amide bonds. The second-order valence-electron chi connectivity index (χ2n) is 5.68. The molecule has 1 aromatic carbocycles. The van der Waals surface area contributed by atoms with Gasteiger partial charge in [-0.3, -0.25) is 19.6 Å². The van der Waals surface area contributed by atoms with Gasteiger partial charge in [-0.05, 0) is 29.8 Å². The van der Waals surface area contributed by atoms with E-state index in [0.717, 1.165) is 11.3 Å². The summed E-state index contributed by atoms with van der Waals surface area (Å²) in [7, 11) is 1.58. The number of amides is 3. The third-order valence-electron chi connectivity index (χ3n) is 4.09. The number of ether oxygens (including phenoxy) is 1. The number of carbonyl (C=O) groups excluding carboxylic acids is 2. The topological polar surface area (TPSA) is 83.0 Å². The van der Waals surface area contributed by atoms with E-state index in [2.05, 4.69) is 4.98 Å². The van der Waals surface area contributed by atoms with Crippen molar-refractivity contribution in [2.45, 2.75) is 19.6 Å². The maximum Gasteiger partial charge on any atom is 0.331 e. The van der Waals surface area contributed by atoms with Crippen LogP contribution in [0.25, 0.3) is 0 Å². The van der Waals surface area contributed by atoms with Crippen molar-refractivity contribution in [3.8, 4) is 5.75 Å². The highest BCUT2D eigenvalue weighted by molar-refractivity contribution is 6.05. The van der Waals surface area contributed by atoms with Crippen molar-refractivity contribution in [1.29, 1.82) is 0 Å². The Balaban J connectivity index is 1.78. The average molecular weight is 341 g/mol. The number of aliphatic hydroxyl groups excluding tert-OH is 1. The smallest absolute Gasteiger partial charge is 0.331 e. The molecule has 1 aromatic heterocycles. The number of aromatic nitrogens is 1. The van der Waals surface area contributed by atoms with Gasteiger partial charge in [0, 0.05) is 13.0 Å². The van der Waals surface area contributed by atoms with E-state index in [1.165, 1.54) is 16.0 Å². The van der Waals surface area contributed by atoms with Crippen molar-refractivity contribution in [1.82, 2.24) is 9.88 Å². The predicted molar refractivity (Wildman–Crippen MR) is 91.1 cm³/mol. The first-order valence-corrected chi connectivity index (χ1v) is 7.93. The Labute approximate surface area is 145 Å². The lowest BCUT2D eigenvalue weighted by atomic mass is 10.1. The van der Waals surface area contributed by atoms with Gasteiger partial charge < -0.3 is 9.84 Å². The van der Waals surface area contributed by atoms with Gasteiger partial charge in [-0.2, -0.15) is 0 Å². The summed E-state index contributed by atoms with van der Waals surface area (Å²) in [5, 5.41) is 9.06.